The predicted molar refractivity (Wildman–Crippen MR) is 132 cm³/mol. The normalized spacial score (nSPS) is 14.7. The molecular weight excluding hydrogens is 551 g/mol. The number of anilines is 1. The Balaban J connectivity index is 2.02. The van der Waals surface area contributed by atoms with Crippen LogP contribution in [0.25, 0.3) is 22.6 Å². The number of hydrogen-bond acceptors (Lipinski definition) is 8. The molecule has 0 radical (unpaired) electrons. The van der Waals surface area contributed by atoms with E-state index in [0.717, 1.165) is 23.1 Å². The summed E-state index contributed by atoms with van der Waals surface area (Å²) in [4.78, 5) is 33.5. The van der Waals surface area contributed by atoms with Crippen molar-refractivity contribution < 1.29 is 34.8 Å². The second-order valence-corrected chi connectivity index (χ2v) is 13.0. The molecule has 1 aliphatic carbocycles. The Hall–Kier alpha value is -3.27. The summed E-state index contributed by atoms with van der Waals surface area (Å²) in [6.07, 6.45) is -2.08. The molecule has 0 atom stereocenters. The van der Waals surface area contributed by atoms with Gasteiger partial charge in [-0.25, -0.2) is 31.1 Å². The summed E-state index contributed by atoms with van der Waals surface area (Å²) in [5.74, 6) is -1.90. The van der Waals surface area contributed by atoms with Gasteiger partial charge in [-0.2, -0.15) is 13.2 Å². The van der Waals surface area contributed by atoms with Crippen molar-refractivity contribution in [2.45, 2.75) is 44.3 Å². The second kappa shape index (κ2) is 9.18. The molecule has 0 unspecified atom stereocenters. The first kappa shape index (κ1) is 27.8. The summed E-state index contributed by atoms with van der Waals surface area (Å²) in [5, 5.41) is 0. The third kappa shape index (κ3) is 4.70. The summed E-state index contributed by atoms with van der Waals surface area (Å²) in [7, 11) is -6.95. The fourth-order valence-electron chi connectivity index (χ4n) is 4.16. The SMILES string of the molecule is CCn1c(C(F)(F)F)cc2nc(-c3ncc(N(C(=O)C4CC4)S(C)(=O)=O)cc3S(=O)(=O)CC)n(C)c2c1=O. The molecule has 1 saturated carbocycles. The van der Waals surface area contributed by atoms with E-state index < -0.39 is 59.8 Å². The smallest absolute Gasteiger partial charge is 0.321 e. The molecule has 3 heterocycles. The molecule has 0 aromatic carbocycles. The summed E-state index contributed by atoms with van der Waals surface area (Å²) in [6, 6.07) is 1.68. The van der Waals surface area contributed by atoms with E-state index in [9.17, 15) is 39.6 Å². The van der Waals surface area contributed by atoms with Crippen LogP contribution in [0.15, 0.2) is 28.0 Å². The zero-order valence-electron chi connectivity index (χ0n) is 20.8. The molecule has 11 nitrogen and oxygen atoms in total. The standard InChI is InChI=1S/C22H24F3N5O6S2/c1-5-29-16(22(23,24)25)10-14-18(21(29)32)28(3)19(27-14)17-15(38(35,36)6-2)9-13(11-26-17)30(37(4,33)34)20(31)12-7-8-12/h9-12H,5-8H2,1-4H3. The minimum atomic E-state index is -4.85. The number of fused-ring (bicyclic) bond motifs is 1. The van der Waals surface area contributed by atoms with E-state index in [1.54, 1.807) is 0 Å². The molecule has 206 valence electrons. The Morgan fingerprint density at radius 1 is 1.16 bits per heavy atom. The lowest BCUT2D eigenvalue weighted by Gasteiger charge is -2.21. The third-order valence-electron chi connectivity index (χ3n) is 6.20. The van der Waals surface area contributed by atoms with Crippen molar-refractivity contribution in [3.63, 3.8) is 0 Å². The molecule has 0 bridgehead atoms. The number of sulfone groups is 1. The van der Waals surface area contributed by atoms with E-state index in [0.29, 0.717) is 27.8 Å². The van der Waals surface area contributed by atoms with Crippen molar-refractivity contribution in [1.29, 1.82) is 0 Å². The summed E-state index contributed by atoms with van der Waals surface area (Å²) in [5.41, 5.74) is -3.33. The van der Waals surface area contributed by atoms with Gasteiger partial charge >= 0.3 is 6.18 Å². The lowest BCUT2D eigenvalue weighted by atomic mass is 10.3. The van der Waals surface area contributed by atoms with E-state index >= 15 is 0 Å². The van der Waals surface area contributed by atoms with Gasteiger partial charge in [0.1, 0.15) is 16.9 Å². The number of hydrogen-bond donors (Lipinski definition) is 0. The van der Waals surface area contributed by atoms with Crippen molar-refractivity contribution in [1.82, 2.24) is 19.1 Å². The van der Waals surface area contributed by atoms with E-state index in [1.165, 1.54) is 20.9 Å². The number of halogens is 3. The average Bonchev–Trinajstić information content (AvgIpc) is 3.61. The number of aryl methyl sites for hydroxylation is 1. The van der Waals surface area contributed by atoms with Crippen molar-refractivity contribution >= 4 is 42.5 Å². The highest BCUT2D eigenvalue weighted by Crippen LogP contribution is 2.37. The number of rotatable bonds is 7. The Bertz CT molecular complexity index is 1740. The Labute approximate surface area is 215 Å². The van der Waals surface area contributed by atoms with Gasteiger partial charge in [-0.3, -0.25) is 9.59 Å². The van der Waals surface area contributed by atoms with Crippen LogP contribution in [0.5, 0.6) is 0 Å². The molecule has 16 heteroatoms. The predicted octanol–water partition coefficient (Wildman–Crippen LogP) is 2.33. The quantitative estimate of drug-likeness (QED) is 0.418. The van der Waals surface area contributed by atoms with Crippen LogP contribution in [0.3, 0.4) is 0 Å². The van der Waals surface area contributed by atoms with Crippen LogP contribution in [0.1, 0.15) is 32.4 Å². The first-order valence-electron chi connectivity index (χ1n) is 11.5. The maximum absolute atomic E-state index is 13.6. The maximum Gasteiger partial charge on any atom is 0.431 e. The van der Waals surface area contributed by atoms with Crippen LogP contribution in [-0.2, 0) is 44.4 Å². The van der Waals surface area contributed by atoms with Crippen LogP contribution < -0.4 is 9.86 Å². The molecule has 0 aliphatic heterocycles. The Morgan fingerprint density at radius 2 is 1.79 bits per heavy atom. The first-order valence-corrected chi connectivity index (χ1v) is 15.0. The highest BCUT2D eigenvalue weighted by molar-refractivity contribution is 7.93. The van der Waals surface area contributed by atoms with Crippen molar-refractivity contribution in [3.8, 4) is 11.5 Å². The van der Waals surface area contributed by atoms with Crippen LogP contribution >= 0.6 is 0 Å². The largest absolute Gasteiger partial charge is 0.431 e. The van der Waals surface area contributed by atoms with E-state index in [4.69, 9.17) is 0 Å². The zero-order valence-corrected chi connectivity index (χ0v) is 22.4. The van der Waals surface area contributed by atoms with Gasteiger partial charge in [0.05, 0.1) is 34.3 Å². The summed E-state index contributed by atoms with van der Waals surface area (Å²) in [6.45, 7) is 2.44. The van der Waals surface area contributed by atoms with Gasteiger partial charge in [0.25, 0.3) is 5.56 Å². The molecule has 1 amide bonds. The molecule has 1 fully saturated rings. The van der Waals surface area contributed by atoms with Crippen LogP contribution in [0.4, 0.5) is 18.9 Å². The minimum absolute atomic E-state index is 0.206. The summed E-state index contributed by atoms with van der Waals surface area (Å²) >= 11 is 0. The van der Waals surface area contributed by atoms with Gasteiger partial charge in [0, 0.05) is 19.5 Å². The van der Waals surface area contributed by atoms with Gasteiger partial charge < -0.3 is 9.13 Å². The maximum atomic E-state index is 13.6. The van der Waals surface area contributed by atoms with Gasteiger partial charge in [0.15, 0.2) is 15.7 Å². The van der Waals surface area contributed by atoms with Gasteiger partial charge in [0.2, 0.25) is 15.9 Å². The fraction of sp³-hybridized carbons (Fsp3) is 0.455. The third-order valence-corrected chi connectivity index (χ3v) is 8.99. The zero-order chi connectivity index (χ0) is 28.4. The first-order chi connectivity index (χ1) is 17.5. The monoisotopic (exact) mass is 575 g/mol. The molecule has 38 heavy (non-hydrogen) atoms. The molecule has 1 aliphatic rings. The lowest BCUT2D eigenvalue weighted by molar-refractivity contribution is -0.144. The molecule has 3 aromatic rings. The molecule has 0 N–H and O–H groups in total. The van der Waals surface area contributed by atoms with E-state index in [1.807, 2.05) is 0 Å². The van der Waals surface area contributed by atoms with Gasteiger partial charge in [-0.15, -0.1) is 0 Å². The molecule has 3 aromatic heterocycles. The van der Waals surface area contributed by atoms with Crippen molar-refractivity contribution in [2.24, 2.45) is 13.0 Å². The number of aromatic nitrogens is 4. The minimum Gasteiger partial charge on any atom is -0.321 e. The highest BCUT2D eigenvalue weighted by Gasteiger charge is 2.39. The summed E-state index contributed by atoms with van der Waals surface area (Å²) < 4.78 is 94.1. The number of nitrogens with zero attached hydrogens (tertiary/aromatic N) is 5. The van der Waals surface area contributed by atoms with Crippen LogP contribution in [-0.4, -0.2) is 53.9 Å². The van der Waals surface area contributed by atoms with Crippen LogP contribution in [0.2, 0.25) is 0 Å². The topological polar surface area (TPSA) is 141 Å². The number of pyridine rings is 2. The molecular formula is C22H24F3N5O6S2. The highest BCUT2D eigenvalue weighted by atomic mass is 32.2. The molecule has 4 rings (SSSR count). The van der Waals surface area contributed by atoms with E-state index in [-0.39, 0.29) is 34.8 Å². The molecule has 0 spiro atoms. The van der Waals surface area contributed by atoms with Gasteiger partial charge in [-0.1, -0.05) is 6.92 Å². The van der Waals surface area contributed by atoms with Gasteiger partial charge in [-0.05, 0) is 31.9 Å². The number of sulfonamides is 1. The fourth-order valence-corrected chi connectivity index (χ4v) is 6.17. The number of imidazole rings is 1. The lowest BCUT2D eigenvalue weighted by Crippen LogP contribution is -2.37. The number of alkyl halides is 3. The van der Waals surface area contributed by atoms with Crippen LogP contribution in [0, 0.1) is 5.92 Å². The number of carbonyl (C=O) groups excluding carboxylic acids is 1. The molecule has 0 saturated heterocycles. The Morgan fingerprint density at radius 3 is 2.29 bits per heavy atom. The average molecular weight is 576 g/mol. The van der Waals surface area contributed by atoms with Crippen molar-refractivity contribution in [3.05, 3.63) is 34.4 Å². The van der Waals surface area contributed by atoms with E-state index in [2.05, 4.69) is 9.97 Å². The Kier molecular flexibility index (Phi) is 6.71. The second-order valence-electron chi connectivity index (χ2n) is 8.89. The number of amides is 1. The number of carbonyl (C=O) groups is 1. The van der Waals surface area contributed by atoms with Crippen molar-refractivity contribution in [2.75, 3.05) is 16.3 Å².